The molecule has 0 aliphatic carbocycles. The normalized spacial score (nSPS) is 15.8. The number of hydrogen-bond donors (Lipinski definition) is 0. The van der Waals surface area contributed by atoms with E-state index in [-0.39, 0.29) is 4.83 Å². The predicted octanol–water partition coefficient (Wildman–Crippen LogP) is 5.79. The highest BCUT2D eigenvalue weighted by Crippen LogP contribution is 2.42. The van der Waals surface area contributed by atoms with Crippen LogP contribution in [0.5, 0.6) is 5.75 Å². The van der Waals surface area contributed by atoms with Crippen LogP contribution in [0.1, 0.15) is 25.7 Å². The second kappa shape index (κ2) is 6.42. The molecule has 1 aliphatic heterocycles. The first-order valence-corrected chi connectivity index (χ1v) is 10.0. The second-order valence-electron chi connectivity index (χ2n) is 4.65. The van der Waals surface area contributed by atoms with Gasteiger partial charge in [-0.25, -0.2) is 0 Å². The first-order chi connectivity index (χ1) is 9.69. The molecule has 1 unspecified atom stereocenters. The fourth-order valence-corrected chi connectivity index (χ4v) is 6.37. The van der Waals surface area contributed by atoms with Crippen LogP contribution in [-0.4, -0.2) is 12.9 Å². The van der Waals surface area contributed by atoms with Crippen LogP contribution < -0.4 is 4.74 Å². The van der Waals surface area contributed by atoms with Crippen LogP contribution in [0.4, 0.5) is 0 Å². The summed E-state index contributed by atoms with van der Waals surface area (Å²) < 4.78 is 6.34. The minimum Gasteiger partial charge on any atom is -0.497 e. The van der Waals surface area contributed by atoms with Gasteiger partial charge in [-0.2, -0.15) is 11.8 Å². The van der Waals surface area contributed by atoms with Gasteiger partial charge in [-0.15, -0.1) is 11.3 Å². The Kier molecular flexibility index (Phi) is 4.80. The third kappa shape index (κ3) is 2.96. The molecule has 106 valence electrons. The smallest absolute Gasteiger partial charge is 0.120 e. The third-order valence-electron chi connectivity index (χ3n) is 3.38. The molecule has 1 aliphatic rings. The van der Waals surface area contributed by atoms with Crippen LogP contribution >= 0.6 is 55.0 Å². The van der Waals surface area contributed by atoms with Crippen LogP contribution in [-0.2, 0) is 12.2 Å². The van der Waals surface area contributed by atoms with Gasteiger partial charge in [-0.1, -0.05) is 37.9 Å². The number of benzene rings is 1. The summed E-state index contributed by atoms with van der Waals surface area (Å²) in [4.78, 5) is 3.19. The molecular weight excluding hydrogens is 420 g/mol. The Morgan fingerprint density at radius 2 is 2.15 bits per heavy atom. The maximum atomic E-state index is 5.26. The summed E-state index contributed by atoms with van der Waals surface area (Å²) in [5.74, 6) is 3.30. The lowest BCUT2D eigenvalue weighted by atomic mass is 10.1. The van der Waals surface area contributed by atoms with Crippen LogP contribution in [0.15, 0.2) is 28.7 Å². The highest BCUT2D eigenvalue weighted by molar-refractivity contribution is 9.11. The molecule has 0 bridgehead atoms. The van der Waals surface area contributed by atoms with Crippen molar-refractivity contribution in [1.29, 1.82) is 0 Å². The van der Waals surface area contributed by atoms with E-state index in [0.29, 0.717) is 0 Å². The number of thiophene rings is 1. The molecule has 0 N–H and O–H groups in total. The Morgan fingerprint density at radius 1 is 1.30 bits per heavy atom. The summed E-state index contributed by atoms with van der Waals surface area (Å²) in [6, 6.07) is 8.52. The number of methoxy groups -OCH3 is 1. The number of alkyl halides is 1. The molecule has 1 aromatic heterocycles. The van der Waals surface area contributed by atoms with Crippen LogP contribution in [0.3, 0.4) is 0 Å². The summed E-state index contributed by atoms with van der Waals surface area (Å²) in [5, 5.41) is 0. The average Bonchev–Trinajstić information content (AvgIpc) is 2.90. The molecule has 20 heavy (non-hydrogen) atoms. The van der Waals surface area contributed by atoms with Gasteiger partial charge in [0.15, 0.2) is 0 Å². The van der Waals surface area contributed by atoms with Gasteiger partial charge in [-0.05, 0) is 41.5 Å². The highest BCUT2D eigenvalue weighted by Gasteiger charge is 2.20. The lowest BCUT2D eigenvalue weighted by Crippen LogP contribution is -1.96. The zero-order valence-electron chi connectivity index (χ0n) is 11.0. The molecule has 1 atom stereocenters. The van der Waals surface area contributed by atoms with Crippen LogP contribution in [0.25, 0.3) is 0 Å². The summed E-state index contributed by atoms with van der Waals surface area (Å²) >= 11 is 11.5. The van der Waals surface area contributed by atoms with E-state index in [1.54, 1.807) is 12.0 Å². The number of rotatable bonds is 3. The van der Waals surface area contributed by atoms with Crippen molar-refractivity contribution < 1.29 is 4.74 Å². The fourth-order valence-electron chi connectivity index (χ4n) is 2.29. The van der Waals surface area contributed by atoms with Crippen molar-refractivity contribution in [2.75, 3.05) is 12.9 Å². The van der Waals surface area contributed by atoms with E-state index in [1.165, 1.54) is 28.2 Å². The van der Waals surface area contributed by atoms with Crippen molar-refractivity contribution in [2.24, 2.45) is 0 Å². The number of hydrogen-bond acceptors (Lipinski definition) is 3. The largest absolute Gasteiger partial charge is 0.497 e. The Bertz CT molecular complexity index is 601. The number of ether oxygens (including phenoxy) is 1. The number of thioether (sulfide) groups is 1. The molecule has 1 aromatic carbocycles. The lowest BCUT2D eigenvalue weighted by Gasteiger charge is -2.11. The molecule has 0 amide bonds. The molecule has 2 aromatic rings. The molecule has 5 heteroatoms. The van der Waals surface area contributed by atoms with Crippen molar-refractivity contribution in [1.82, 2.24) is 0 Å². The molecule has 0 saturated heterocycles. The van der Waals surface area contributed by atoms with Gasteiger partial charge in [0, 0.05) is 20.0 Å². The van der Waals surface area contributed by atoms with Crippen molar-refractivity contribution in [2.45, 2.75) is 17.0 Å². The molecule has 1 nitrogen and oxygen atoms in total. The van der Waals surface area contributed by atoms with E-state index < -0.39 is 0 Å². The lowest BCUT2D eigenvalue weighted by molar-refractivity contribution is 0.414. The number of fused-ring (bicyclic) bond motifs is 1. The Balaban J connectivity index is 1.92. The van der Waals surface area contributed by atoms with Gasteiger partial charge in [0.25, 0.3) is 0 Å². The van der Waals surface area contributed by atoms with Crippen LogP contribution in [0.2, 0.25) is 0 Å². The summed E-state index contributed by atoms with van der Waals surface area (Å²) in [5.41, 5.74) is 2.77. The molecule has 0 radical (unpaired) electrons. The average molecular weight is 434 g/mol. The van der Waals surface area contributed by atoms with Gasteiger partial charge in [0.05, 0.1) is 11.9 Å². The molecule has 2 heterocycles. The standard InChI is InChI=1S/C15H14Br2OS2/c1-18-10-2-3-11(12(16)7-10)15(17)14-6-9-8-19-5-4-13(9)20-14/h2-3,6-7,15H,4-5,8H2,1H3. The minimum atomic E-state index is 0.239. The van der Waals surface area contributed by atoms with E-state index in [1.807, 2.05) is 35.2 Å². The first kappa shape index (κ1) is 14.9. The predicted molar refractivity (Wildman–Crippen MR) is 95.6 cm³/mol. The Morgan fingerprint density at radius 3 is 2.85 bits per heavy atom. The first-order valence-electron chi connectivity index (χ1n) is 6.36. The topological polar surface area (TPSA) is 9.23 Å². The Hall–Kier alpha value is 0.0300. The van der Waals surface area contributed by atoms with Crippen molar-refractivity contribution >= 4 is 55.0 Å². The monoisotopic (exact) mass is 432 g/mol. The van der Waals surface area contributed by atoms with E-state index >= 15 is 0 Å². The zero-order valence-corrected chi connectivity index (χ0v) is 15.8. The van der Waals surface area contributed by atoms with Gasteiger partial charge in [0.2, 0.25) is 0 Å². The van der Waals surface area contributed by atoms with Crippen molar-refractivity contribution in [3.05, 3.63) is 49.6 Å². The summed E-state index contributed by atoms with van der Waals surface area (Å²) in [7, 11) is 1.69. The number of aryl methyl sites for hydroxylation is 1. The van der Waals surface area contributed by atoms with Gasteiger partial charge in [-0.3, -0.25) is 0 Å². The van der Waals surface area contributed by atoms with Gasteiger partial charge < -0.3 is 4.74 Å². The summed E-state index contributed by atoms with van der Waals surface area (Å²) in [6.45, 7) is 0. The van der Waals surface area contributed by atoms with Crippen molar-refractivity contribution in [3.8, 4) is 5.75 Å². The third-order valence-corrected chi connectivity index (χ3v) is 7.66. The van der Waals surface area contributed by atoms with E-state index in [2.05, 4.69) is 44.0 Å². The minimum absolute atomic E-state index is 0.239. The van der Waals surface area contributed by atoms with Gasteiger partial charge >= 0.3 is 0 Å². The Labute approximate surface area is 144 Å². The molecule has 3 rings (SSSR count). The quantitative estimate of drug-likeness (QED) is 0.566. The molecule has 0 saturated carbocycles. The maximum Gasteiger partial charge on any atom is 0.120 e. The van der Waals surface area contributed by atoms with E-state index in [4.69, 9.17) is 4.74 Å². The summed E-state index contributed by atoms with van der Waals surface area (Å²) in [6.07, 6.45) is 1.22. The maximum absolute atomic E-state index is 5.26. The second-order valence-corrected chi connectivity index (χ2v) is 8.69. The van der Waals surface area contributed by atoms with E-state index in [9.17, 15) is 0 Å². The fraction of sp³-hybridized carbons (Fsp3) is 0.333. The highest BCUT2D eigenvalue weighted by atomic mass is 79.9. The molecular formula is C15H14Br2OS2. The molecule has 0 fully saturated rings. The van der Waals surface area contributed by atoms with Crippen LogP contribution in [0, 0.1) is 0 Å². The van der Waals surface area contributed by atoms with E-state index in [0.717, 1.165) is 16.0 Å². The number of halogens is 2. The SMILES string of the molecule is COc1ccc(C(Br)c2cc3c(s2)CCSC3)c(Br)c1. The van der Waals surface area contributed by atoms with Gasteiger partial charge in [0.1, 0.15) is 5.75 Å². The molecule has 0 spiro atoms. The zero-order chi connectivity index (χ0) is 14.1. The van der Waals surface area contributed by atoms with Crippen molar-refractivity contribution in [3.63, 3.8) is 0 Å².